The average Bonchev–Trinajstić information content (AvgIpc) is 2.92. The quantitative estimate of drug-likeness (QED) is 0.754. The molecule has 0 saturated carbocycles. The minimum atomic E-state index is -6.59. The molecule has 1 N–H and O–H groups in total. The van der Waals surface area contributed by atoms with Crippen LogP contribution in [-0.4, -0.2) is 33.7 Å². The first-order chi connectivity index (χ1) is 11.8. The zero-order valence-corrected chi connectivity index (χ0v) is 13.3. The molecule has 26 heavy (non-hydrogen) atoms. The molecule has 12 heteroatoms. The van der Waals surface area contributed by atoms with Gasteiger partial charge in [-0.3, -0.25) is 9.48 Å². The second kappa shape index (κ2) is 6.78. The topological polar surface area (TPSA) is 46.9 Å². The molecule has 0 spiro atoms. The average molecular weight is 404 g/mol. The van der Waals surface area contributed by atoms with E-state index in [1.54, 1.807) is 24.3 Å². The summed E-state index contributed by atoms with van der Waals surface area (Å²) in [6, 6.07) is 6.45. The van der Waals surface area contributed by atoms with Gasteiger partial charge in [0, 0.05) is 11.2 Å². The van der Waals surface area contributed by atoms with E-state index in [2.05, 4.69) is 5.10 Å². The van der Waals surface area contributed by atoms with Crippen LogP contribution in [0.25, 0.3) is 0 Å². The number of nitrogens with one attached hydrogen (secondary N) is 1. The van der Waals surface area contributed by atoms with Gasteiger partial charge < -0.3 is 5.32 Å². The summed E-state index contributed by atoms with van der Waals surface area (Å²) in [6.07, 6.45) is -4.78. The smallest absolute Gasteiger partial charge is 0.318 e. The van der Waals surface area contributed by atoms with E-state index in [1.807, 2.05) is 0 Å². The maximum Gasteiger partial charge on any atom is 0.460 e. The van der Waals surface area contributed by atoms with Gasteiger partial charge in [-0.1, -0.05) is 23.7 Å². The highest BCUT2D eigenvalue weighted by Crippen LogP contribution is 2.46. The van der Waals surface area contributed by atoms with Crippen molar-refractivity contribution in [1.29, 1.82) is 0 Å². The molecule has 0 aliphatic heterocycles. The number of hydrogen-bond donors (Lipinski definition) is 1. The predicted octanol–water partition coefficient (Wildman–Crippen LogP) is 4.36. The Morgan fingerprint density at radius 1 is 1.15 bits per heavy atom. The first-order valence-corrected chi connectivity index (χ1v) is 7.13. The van der Waals surface area contributed by atoms with Gasteiger partial charge >= 0.3 is 23.9 Å². The van der Waals surface area contributed by atoms with E-state index >= 15 is 0 Å². The molecule has 0 fully saturated rings. The van der Waals surface area contributed by atoms with E-state index in [-0.39, 0.29) is 6.54 Å². The number of hydrogen-bond acceptors (Lipinski definition) is 2. The van der Waals surface area contributed by atoms with Gasteiger partial charge in [-0.25, -0.2) is 0 Å². The lowest BCUT2D eigenvalue weighted by molar-refractivity contribution is -0.343. The lowest BCUT2D eigenvalue weighted by Crippen LogP contribution is -2.57. The van der Waals surface area contributed by atoms with Gasteiger partial charge in [-0.15, -0.1) is 0 Å². The number of nitrogens with zero attached hydrogens (tertiary/aromatic N) is 2. The lowest BCUT2D eigenvalue weighted by atomic mass is 10.1. The number of carbonyl (C=O) groups is 1. The van der Waals surface area contributed by atoms with Crippen molar-refractivity contribution in [3.05, 3.63) is 47.2 Å². The second-order valence-corrected chi connectivity index (χ2v) is 5.59. The molecule has 0 aliphatic rings. The fraction of sp³-hybridized carbons (Fsp3) is 0.286. The maximum atomic E-state index is 13.3. The number of rotatable bonds is 5. The number of carbonyl (C=O) groups excluding carboxylic acids is 1. The summed E-state index contributed by atoms with van der Waals surface area (Å²) in [4.78, 5) is 11.2. The molecule has 0 unspecified atom stereocenters. The number of amides is 1. The Bertz CT molecular complexity index is 804. The Morgan fingerprint density at radius 2 is 1.81 bits per heavy atom. The third-order valence-corrected chi connectivity index (χ3v) is 3.40. The van der Waals surface area contributed by atoms with Crippen molar-refractivity contribution >= 4 is 23.2 Å². The van der Waals surface area contributed by atoms with Crippen LogP contribution in [0, 0.1) is 0 Å². The van der Waals surface area contributed by atoms with Crippen molar-refractivity contribution in [3.63, 3.8) is 0 Å². The number of aromatic nitrogens is 2. The summed E-state index contributed by atoms with van der Waals surface area (Å²) in [5, 5.41) is 5.41. The molecule has 0 atom stereocenters. The molecule has 0 saturated heterocycles. The molecule has 142 valence electrons. The number of alkyl halides is 7. The molecule has 0 radical (unpaired) electrons. The van der Waals surface area contributed by atoms with Crippen molar-refractivity contribution in [1.82, 2.24) is 9.78 Å². The first-order valence-electron chi connectivity index (χ1n) is 6.75. The third-order valence-electron chi connectivity index (χ3n) is 3.16. The van der Waals surface area contributed by atoms with Crippen LogP contribution in [0.3, 0.4) is 0 Å². The Hall–Kier alpha value is -2.30. The van der Waals surface area contributed by atoms with Gasteiger partial charge in [-0.2, -0.15) is 35.8 Å². The summed E-state index contributed by atoms with van der Waals surface area (Å²) >= 11 is 5.78. The van der Waals surface area contributed by atoms with Crippen LogP contribution in [0.2, 0.25) is 5.02 Å². The minimum Gasteiger partial charge on any atom is -0.318 e. The summed E-state index contributed by atoms with van der Waals surface area (Å²) in [5.74, 6) is -15.3. The molecule has 1 amide bonds. The van der Waals surface area contributed by atoms with E-state index in [0.717, 1.165) is 17.1 Å². The normalized spacial score (nSPS) is 12.9. The van der Waals surface area contributed by atoms with Crippen LogP contribution in [0.4, 0.5) is 36.4 Å². The van der Waals surface area contributed by atoms with Crippen LogP contribution < -0.4 is 5.32 Å². The van der Waals surface area contributed by atoms with Crippen LogP contribution in [0.1, 0.15) is 5.56 Å². The Labute approximate surface area is 146 Å². The number of anilines is 1. The van der Waals surface area contributed by atoms with Crippen molar-refractivity contribution in [2.45, 2.75) is 24.6 Å². The Balaban J connectivity index is 2.12. The van der Waals surface area contributed by atoms with Gasteiger partial charge in [0.05, 0.1) is 18.4 Å². The third kappa shape index (κ3) is 3.92. The summed E-state index contributed by atoms with van der Waals surface area (Å²) in [7, 11) is 0. The molecule has 0 bridgehead atoms. The molecular formula is C14H9ClF7N3O. The molecular weight excluding hydrogens is 395 g/mol. The van der Waals surface area contributed by atoms with Gasteiger partial charge in [-0.05, 0) is 17.7 Å². The van der Waals surface area contributed by atoms with E-state index in [0.29, 0.717) is 10.6 Å². The monoisotopic (exact) mass is 403 g/mol. The molecule has 1 heterocycles. The van der Waals surface area contributed by atoms with E-state index in [1.165, 1.54) is 5.32 Å². The van der Waals surface area contributed by atoms with Crippen LogP contribution >= 0.6 is 11.6 Å². The molecule has 2 rings (SSSR count). The summed E-state index contributed by atoms with van der Waals surface area (Å²) in [5.41, 5.74) is 0.169. The molecule has 2 aromatic rings. The molecule has 4 nitrogen and oxygen atoms in total. The van der Waals surface area contributed by atoms with Gasteiger partial charge in [0.25, 0.3) is 0 Å². The number of benzene rings is 1. The maximum absolute atomic E-state index is 13.3. The van der Waals surface area contributed by atoms with Crippen LogP contribution in [-0.2, 0) is 11.3 Å². The minimum absolute atomic E-state index is 0.0888. The first kappa shape index (κ1) is 20.0. The van der Waals surface area contributed by atoms with Crippen LogP contribution in [0.15, 0.2) is 36.7 Å². The van der Waals surface area contributed by atoms with Crippen molar-refractivity contribution in [2.75, 3.05) is 5.32 Å². The highest BCUT2D eigenvalue weighted by molar-refractivity contribution is 6.30. The zero-order valence-electron chi connectivity index (χ0n) is 12.5. The van der Waals surface area contributed by atoms with Crippen LogP contribution in [0.5, 0.6) is 0 Å². The molecule has 1 aromatic heterocycles. The fourth-order valence-corrected chi connectivity index (χ4v) is 2.08. The van der Waals surface area contributed by atoms with Crippen molar-refractivity contribution in [3.8, 4) is 0 Å². The lowest BCUT2D eigenvalue weighted by Gasteiger charge is -2.26. The Kier molecular flexibility index (Phi) is 5.22. The van der Waals surface area contributed by atoms with Crippen molar-refractivity contribution < 1.29 is 35.5 Å². The zero-order chi connectivity index (χ0) is 19.8. The molecule has 1 aromatic carbocycles. The standard InChI is InChI=1S/C14H9ClF7N3O/c15-9-3-1-2-8(4-9)6-25-7-10(5-23-25)24-11(26)12(16,17)13(18,19)14(20,21)22/h1-5,7H,6H2,(H,24,26). The van der Waals surface area contributed by atoms with E-state index in [9.17, 15) is 35.5 Å². The fourth-order valence-electron chi connectivity index (χ4n) is 1.87. The van der Waals surface area contributed by atoms with E-state index < -0.39 is 29.6 Å². The van der Waals surface area contributed by atoms with Gasteiger partial charge in [0.2, 0.25) is 0 Å². The highest BCUT2D eigenvalue weighted by Gasteiger charge is 2.76. The number of halogens is 8. The summed E-state index contributed by atoms with van der Waals surface area (Å²) in [6.45, 7) is 0.0888. The summed E-state index contributed by atoms with van der Waals surface area (Å²) < 4.78 is 89.5. The predicted molar refractivity (Wildman–Crippen MR) is 77.4 cm³/mol. The van der Waals surface area contributed by atoms with Gasteiger partial charge in [0.15, 0.2) is 0 Å². The largest absolute Gasteiger partial charge is 0.460 e. The Morgan fingerprint density at radius 3 is 2.38 bits per heavy atom. The van der Waals surface area contributed by atoms with Gasteiger partial charge in [0.1, 0.15) is 0 Å². The highest BCUT2D eigenvalue weighted by atomic mass is 35.5. The van der Waals surface area contributed by atoms with Crippen molar-refractivity contribution in [2.24, 2.45) is 0 Å². The molecule has 0 aliphatic carbocycles. The second-order valence-electron chi connectivity index (χ2n) is 5.16. The SMILES string of the molecule is O=C(Nc1cnn(Cc2cccc(Cl)c2)c1)C(F)(F)C(F)(F)C(F)(F)F. The van der Waals surface area contributed by atoms with E-state index in [4.69, 9.17) is 11.6 Å².